The summed E-state index contributed by atoms with van der Waals surface area (Å²) in [6, 6.07) is 8.35. The summed E-state index contributed by atoms with van der Waals surface area (Å²) in [5.74, 6) is 0.582. The summed E-state index contributed by atoms with van der Waals surface area (Å²) in [4.78, 5) is 17.3. The van der Waals surface area contributed by atoms with E-state index in [-0.39, 0.29) is 5.91 Å². The zero-order valence-corrected chi connectivity index (χ0v) is 11.9. The number of aryl methyl sites for hydroxylation is 1. The Labute approximate surface area is 119 Å². The molecule has 0 aliphatic carbocycles. The Bertz CT molecular complexity index is 656. The second-order valence-corrected chi connectivity index (χ2v) is 5.56. The highest BCUT2D eigenvalue weighted by Gasteiger charge is 2.27. The van der Waals surface area contributed by atoms with Gasteiger partial charge in [-0.15, -0.1) is 6.58 Å². The number of amides is 1. The van der Waals surface area contributed by atoms with E-state index in [0.29, 0.717) is 12.3 Å². The van der Waals surface area contributed by atoms with E-state index in [1.165, 1.54) is 22.2 Å². The number of rotatable bonds is 4. The van der Waals surface area contributed by atoms with E-state index in [1.54, 1.807) is 0 Å². The second kappa shape index (κ2) is 5.16. The Morgan fingerprint density at radius 2 is 2.25 bits per heavy atom. The van der Waals surface area contributed by atoms with Crippen molar-refractivity contribution in [2.75, 3.05) is 13.1 Å². The van der Waals surface area contributed by atoms with Crippen molar-refractivity contribution >= 4 is 16.8 Å². The van der Waals surface area contributed by atoms with Crippen LogP contribution >= 0.6 is 0 Å². The summed E-state index contributed by atoms with van der Waals surface area (Å²) < 4.78 is 0. The Morgan fingerprint density at radius 1 is 1.45 bits per heavy atom. The topological polar surface area (TPSA) is 36.1 Å². The number of H-pyrrole nitrogens is 1. The zero-order valence-electron chi connectivity index (χ0n) is 11.9. The van der Waals surface area contributed by atoms with Gasteiger partial charge in [-0.3, -0.25) is 4.79 Å². The lowest BCUT2D eigenvalue weighted by Crippen LogP contribution is -2.27. The predicted molar refractivity (Wildman–Crippen MR) is 81.6 cm³/mol. The molecule has 1 amide bonds. The maximum atomic E-state index is 11.9. The van der Waals surface area contributed by atoms with Gasteiger partial charge >= 0.3 is 0 Å². The molecule has 1 saturated heterocycles. The van der Waals surface area contributed by atoms with Gasteiger partial charge in [-0.05, 0) is 25.0 Å². The number of aromatic amines is 1. The minimum absolute atomic E-state index is 0.257. The summed E-state index contributed by atoms with van der Waals surface area (Å²) in [5, 5.41) is 1.27. The van der Waals surface area contributed by atoms with Gasteiger partial charge in [0.1, 0.15) is 0 Å². The van der Waals surface area contributed by atoms with Crippen molar-refractivity contribution in [3.63, 3.8) is 0 Å². The second-order valence-electron chi connectivity index (χ2n) is 5.56. The number of nitrogens with one attached hydrogen (secondary N) is 1. The molecule has 3 rings (SSSR count). The Balaban J connectivity index is 1.76. The molecule has 3 heteroatoms. The molecule has 2 heterocycles. The van der Waals surface area contributed by atoms with E-state index in [2.05, 4.69) is 36.7 Å². The Hall–Kier alpha value is -2.03. The van der Waals surface area contributed by atoms with Gasteiger partial charge in [-0.2, -0.15) is 0 Å². The van der Waals surface area contributed by atoms with Gasteiger partial charge in [-0.25, -0.2) is 0 Å². The quantitative estimate of drug-likeness (QED) is 0.850. The largest absolute Gasteiger partial charge is 0.358 e. The lowest BCUT2D eigenvalue weighted by Gasteiger charge is -2.16. The molecule has 1 unspecified atom stereocenters. The van der Waals surface area contributed by atoms with Crippen molar-refractivity contribution in [3.8, 4) is 0 Å². The number of hydrogen-bond donors (Lipinski definition) is 1. The molecule has 1 aromatic carbocycles. The average Bonchev–Trinajstić information content (AvgIpc) is 2.96. The third kappa shape index (κ3) is 2.24. The first-order chi connectivity index (χ1) is 9.69. The molecular formula is C17H20N2O. The maximum Gasteiger partial charge on any atom is 0.223 e. The highest BCUT2D eigenvalue weighted by molar-refractivity contribution is 5.84. The summed E-state index contributed by atoms with van der Waals surface area (Å²) >= 11 is 0. The van der Waals surface area contributed by atoms with E-state index >= 15 is 0 Å². The van der Waals surface area contributed by atoms with Crippen LogP contribution in [0.4, 0.5) is 0 Å². The molecule has 20 heavy (non-hydrogen) atoms. The third-order valence-corrected chi connectivity index (χ3v) is 4.24. The summed E-state index contributed by atoms with van der Waals surface area (Å²) in [5.41, 5.74) is 3.71. The first-order valence-electron chi connectivity index (χ1n) is 7.15. The van der Waals surface area contributed by atoms with Gasteiger partial charge < -0.3 is 9.88 Å². The van der Waals surface area contributed by atoms with Gasteiger partial charge in [0.05, 0.1) is 0 Å². The van der Waals surface area contributed by atoms with E-state index < -0.39 is 0 Å². The minimum Gasteiger partial charge on any atom is -0.358 e. The summed E-state index contributed by atoms with van der Waals surface area (Å²) in [7, 11) is 0. The van der Waals surface area contributed by atoms with Crippen LogP contribution < -0.4 is 0 Å². The number of nitrogens with zero attached hydrogens (tertiary/aromatic N) is 1. The monoisotopic (exact) mass is 268 g/mol. The van der Waals surface area contributed by atoms with Gasteiger partial charge in [0.2, 0.25) is 5.91 Å². The smallest absolute Gasteiger partial charge is 0.223 e. The molecule has 0 spiro atoms. The minimum atomic E-state index is 0.257. The molecule has 1 N–H and O–H groups in total. The fraction of sp³-hybridized carbons (Fsp3) is 0.353. The van der Waals surface area contributed by atoms with E-state index in [0.717, 1.165) is 19.5 Å². The number of benzene rings is 1. The Morgan fingerprint density at radius 3 is 3.00 bits per heavy atom. The molecule has 1 aliphatic heterocycles. The van der Waals surface area contributed by atoms with Crippen molar-refractivity contribution in [1.82, 2.24) is 9.88 Å². The first-order valence-corrected chi connectivity index (χ1v) is 7.15. The molecule has 3 nitrogen and oxygen atoms in total. The number of carbonyl (C=O) groups excluding carboxylic acids is 1. The fourth-order valence-electron chi connectivity index (χ4n) is 3.08. The maximum absolute atomic E-state index is 11.9. The lowest BCUT2D eigenvalue weighted by atomic mass is 10.1. The van der Waals surface area contributed by atoms with Gasteiger partial charge in [0.25, 0.3) is 0 Å². The standard InChI is InChI=1S/C17H20N2O/c1-3-13-10-17(20)19(11-13)9-8-14-12(2)18-16-7-5-4-6-15(14)16/h3-7,13,18H,1,8-11H2,2H3. The van der Waals surface area contributed by atoms with Crippen LogP contribution in [-0.4, -0.2) is 28.9 Å². The normalized spacial score (nSPS) is 18.9. The molecule has 1 fully saturated rings. The van der Waals surface area contributed by atoms with Gasteiger partial charge in [0.15, 0.2) is 0 Å². The number of fused-ring (bicyclic) bond motifs is 1. The van der Waals surface area contributed by atoms with Crippen LogP contribution in [0, 0.1) is 12.8 Å². The van der Waals surface area contributed by atoms with Crippen molar-refractivity contribution in [1.29, 1.82) is 0 Å². The van der Waals surface area contributed by atoms with E-state index in [1.807, 2.05) is 17.0 Å². The van der Waals surface area contributed by atoms with Crippen LogP contribution in [0.2, 0.25) is 0 Å². The highest BCUT2D eigenvalue weighted by atomic mass is 16.2. The number of likely N-dealkylation sites (tertiary alicyclic amines) is 1. The van der Waals surface area contributed by atoms with Crippen LogP contribution in [0.15, 0.2) is 36.9 Å². The van der Waals surface area contributed by atoms with Gasteiger partial charge in [-0.1, -0.05) is 24.3 Å². The number of hydrogen-bond acceptors (Lipinski definition) is 1. The predicted octanol–water partition coefficient (Wildman–Crippen LogP) is 3.05. The van der Waals surface area contributed by atoms with E-state index in [9.17, 15) is 4.79 Å². The summed E-state index contributed by atoms with van der Waals surface area (Å²) in [6.07, 6.45) is 3.43. The summed E-state index contributed by atoms with van der Waals surface area (Å²) in [6.45, 7) is 7.52. The highest BCUT2D eigenvalue weighted by Crippen LogP contribution is 2.24. The number of aromatic nitrogens is 1. The molecule has 1 aromatic heterocycles. The fourth-order valence-corrected chi connectivity index (χ4v) is 3.08. The SMILES string of the molecule is C=CC1CC(=O)N(CCc2c(C)[nH]c3ccccc23)C1. The van der Waals surface area contributed by atoms with E-state index in [4.69, 9.17) is 0 Å². The first kappa shape index (κ1) is 13.0. The van der Waals surface area contributed by atoms with Crippen molar-refractivity contribution in [3.05, 3.63) is 48.2 Å². The van der Waals surface area contributed by atoms with Crippen LogP contribution in [-0.2, 0) is 11.2 Å². The van der Waals surface area contributed by atoms with Crippen molar-refractivity contribution < 1.29 is 4.79 Å². The molecule has 0 bridgehead atoms. The zero-order chi connectivity index (χ0) is 14.1. The van der Waals surface area contributed by atoms with Crippen molar-refractivity contribution in [2.45, 2.75) is 19.8 Å². The van der Waals surface area contributed by atoms with Gasteiger partial charge in [0, 0.05) is 42.0 Å². The van der Waals surface area contributed by atoms with Crippen LogP contribution in [0.1, 0.15) is 17.7 Å². The molecule has 0 saturated carbocycles. The molecule has 2 aromatic rings. The molecule has 1 aliphatic rings. The number of para-hydroxylation sites is 1. The molecular weight excluding hydrogens is 248 g/mol. The lowest BCUT2D eigenvalue weighted by molar-refractivity contribution is -0.127. The number of carbonyl (C=O) groups is 1. The van der Waals surface area contributed by atoms with Crippen LogP contribution in [0.25, 0.3) is 10.9 Å². The molecule has 1 atom stereocenters. The van der Waals surface area contributed by atoms with Crippen molar-refractivity contribution in [2.24, 2.45) is 5.92 Å². The third-order valence-electron chi connectivity index (χ3n) is 4.24. The average molecular weight is 268 g/mol. The van der Waals surface area contributed by atoms with Crippen LogP contribution in [0.3, 0.4) is 0 Å². The Kier molecular flexibility index (Phi) is 3.35. The molecule has 104 valence electrons. The van der Waals surface area contributed by atoms with Crippen LogP contribution in [0.5, 0.6) is 0 Å². The molecule has 0 radical (unpaired) electrons.